The molecule has 0 bridgehead atoms. The molecule has 0 radical (unpaired) electrons. The minimum Gasteiger partial charge on any atom is -0.496 e. The van der Waals surface area contributed by atoms with Crippen LogP contribution in [-0.2, 0) is 14.3 Å². The standard InChI is InChI=1S/C18H14N2O8S/c1-26-14-7-10(20(24)25)3-5-12(14)13-6-4-11(28-13)8-15-17(22)19(18(23)29-15)9-16(21)27-2/h3-8H,9H2,1-2H3. The molecule has 1 aromatic carbocycles. The Labute approximate surface area is 168 Å². The summed E-state index contributed by atoms with van der Waals surface area (Å²) in [4.78, 5) is 46.9. The van der Waals surface area contributed by atoms with Gasteiger partial charge in [0.1, 0.15) is 23.8 Å². The molecule has 0 spiro atoms. The van der Waals surface area contributed by atoms with Gasteiger partial charge in [0.15, 0.2) is 0 Å². The van der Waals surface area contributed by atoms with Crippen LogP contribution in [0.1, 0.15) is 5.76 Å². The van der Waals surface area contributed by atoms with Crippen molar-refractivity contribution in [2.45, 2.75) is 0 Å². The second-order valence-corrected chi connectivity index (χ2v) is 6.68. The Morgan fingerprint density at radius 1 is 1.28 bits per heavy atom. The van der Waals surface area contributed by atoms with Crippen molar-refractivity contribution >= 4 is 40.6 Å². The molecule has 150 valence electrons. The van der Waals surface area contributed by atoms with Gasteiger partial charge in [0.05, 0.1) is 35.7 Å². The van der Waals surface area contributed by atoms with Crippen LogP contribution in [0.3, 0.4) is 0 Å². The fourth-order valence-corrected chi connectivity index (χ4v) is 3.35. The number of hydrogen-bond acceptors (Lipinski definition) is 9. The Balaban J connectivity index is 1.86. The van der Waals surface area contributed by atoms with E-state index in [1.807, 2.05) is 0 Å². The van der Waals surface area contributed by atoms with Crippen LogP contribution in [0.5, 0.6) is 5.75 Å². The van der Waals surface area contributed by atoms with Crippen LogP contribution in [0, 0.1) is 10.1 Å². The summed E-state index contributed by atoms with van der Waals surface area (Å²) in [6.07, 6.45) is 1.38. The highest BCUT2D eigenvalue weighted by Gasteiger charge is 2.36. The number of amides is 2. The molecule has 2 amide bonds. The zero-order valence-electron chi connectivity index (χ0n) is 15.2. The first kappa shape index (κ1) is 20.1. The largest absolute Gasteiger partial charge is 0.496 e. The van der Waals surface area contributed by atoms with Crippen molar-refractivity contribution < 1.29 is 33.2 Å². The second kappa shape index (κ2) is 8.19. The number of carbonyl (C=O) groups excluding carboxylic acids is 3. The molecular weight excluding hydrogens is 404 g/mol. The van der Waals surface area contributed by atoms with Crippen molar-refractivity contribution in [3.63, 3.8) is 0 Å². The number of carbonyl (C=O) groups is 3. The fourth-order valence-electron chi connectivity index (χ4n) is 2.53. The van der Waals surface area contributed by atoms with Gasteiger partial charge in [-0.05, 0) is 30.0 Å². The minimum absolute atomic E-state index is 0.0930. The molecule has 0 atom stereocenters. The third-order valence-electron chi connectivity index (χ3n) is 3.95. The Morgan fingerprint density at radius 2 is 2.03 bits per heavy atom. The first-order chi connectivity index (χ1) is 13.8. The summed E-state index contributed by atoms with van der Waals surface area (Å²) < 4.78 is 15.3. The minimum atomic E-state index is -0.709. The summed E-state index contributed by atoms with van der Waals surface area (Å²) in [5, 5.41) is 10.3. The molecule has 11 heteroatoms. The van der Waals surface area contributed by atoms with E-state index in [0.29, 0.717) is 23.1 Å². The second-order valence-electron chi connectivity index (χ2n) is 5.69. The Morgan fingerprint density at radius 3 is 2.69 bits per heavy atom. The maximum atomic E-state index is 12.3. The molecule has 10 nitrogen and oxygen atoms in total. The van der Waals surface area contributed by atoms with Gasteiger partial charge in [0.2, 0.25) is 0 Å². The van der Waals surface area contributed by atoms with E-state index in [-0.39, 0.29) is 22.1 Å². The third kappa shape index (κ3) is 4.14. The van der Waals surface area contributed by atoms with Crippen LogP contribution in [-0.4, -0.2) is 47.7 Å². The van der Waals surface area contributed by atoms with Crippen LogP contribution in [0.15, 0.2) is 39.7 Å². The number of furan rings is 1. The molecule has 2 heterocycles. The molecule has 0 saturated carbocycles. The van der Waals surface area contributed by atoms with Gasteiger partial charge in [-0.2, -0.15) is 0 Å². The van der Waals surface area contributed by atoms with E-state index >= 15 is 0 Å². The summed E-state index contributed by atoms with van der Waals surface area (Å²) >= 11 is 0.678. The molecule has 1 aliphatic heterocycles. The number of benzene rings is 1. The lowest BCUT2D eigenvalue weighted by molar-refractivity contribution is -0.384. The number of rotatable bonds is 6. The van der Waals surface area contributed by atoms with Crippen molar-refractivity contribution in [3.8, 4) is 17.1 Å². The Kier molecular flexibility index (Phi) is 5.69. The van der Waals surface area contributed by atoms with E-state index in [0.717, 1.165) is 12.0 Å². The SMILES string of the molecule is COC(=O)CN1C(=O)SC(=Cc2ccc(-c3ccc([N+](=O)[O-])cc3OC)o2)C1=O. The zero-order chi connectivity index (χ0) is 21.1. The predicted molar refractivity (Wildman–Crippen MR) is 102 cm³/mol. The van der Waals surface area contributed by atoms with Crippen LogP contribution in [0.25, 0.3) is 17.4 Å². The molecule has 0 aliphatic carbocycles. The van der Waals surface area contributed by atoms with Crippen LogP contribution in [0.4, 0.5) is 10.5 Å². The normalized spacial score (nSPS) is 15.1. The van der Waals surface area contributed by atoms with E-state index in [1.54, 1.807) is 12.1 Å². The van der Waals surface area contributed by atoms with Crippen molar-refractivity contribution in [2.75, 3.05) is 20.8 Å². The van der Waals surface area contributed by atoms with E-state index < -0.39 is 28.6 Å². The van der Waals surface area contributed by atoms with E-state index in [4.69, 9.17) is 9.15 Å². The molecule has 2 aromatic rings. The average Bonchev–Trinajstić information content (AvgIpc) is 3.27. The van der Waals surface area contributed by atoms with E-state index in [2.05, 4.69) is 4.74 Å². The maximum absolute atomic E-state index is 12.3. The van der Waals surface area contributed by atoms with E-state index in [1.165, 1.54) is 31.4 Å². The van der Waals surface area contributed by atoms with Gasteiger partial charge in [-0.15, -0.1) is 0 Å². The number of imide groups is 1. The van der Waals surface area contributed by atoms with Gasteiger partial charge in [-0.25, -0.2) is 0 Å². The lowest BCUT2D eigenvalue weighted by Crippen LogP contribution is -2.34. The number of methoxy groups -OCH3 is 2. The molecule has 3 rings (SSSR count). The first-order valence-corrected chi connectivity index (χ1v) is 8.90. The first-order valence-electron chi connectivity index (χ1n) is 8.09. The number of esters is 1. The fraction of sp³-hybridized carbons (Fsp3) is 0.167. The average molecular weight is 418 g/mol. The van der Waals surface area contributed by atoms with Gasteiger partial charge in [-0.1, -0.05) is 0 Å². The van der Waals surface area contributed by atoms with Crippen molar-refractivity contribution in [1.29, 1.82) is 0 Å². The maximum Gasteiger partial charge on any atom is 0.325 e. The third-order valence-corrected chi connectivity index (χ3v) is 4.86. The van der Waals surface area contributed by atoms with Gasteiger partial charge >= 0.3 is 5.97 Å². The van der Waals surface area contributed by atoms with Gasteiger partial charge in [0, 0.05) is 12.1 Å². The van der Waals surface area contributed by atoms with Crippen molar-refractivity contribution in [3.05, 3.63) is 51.1 Å². The Bertz CT molecular complexity index is 1040. The van der Waals surface area contributed by atoms with Crippen molar-refractivity contribution in [1.82, 2.24) is 4.90 Å². The summed E-state index contributed by atoms with van der Waals surface area (Å²) in [7, 11) is 2.54. The molecule has 1 aromatic heterocycles. The topological polar surface area (TPSA) is 129 Å². The number of thioether (sulfide) groups is 1. The molecule has 1 fully saturated rings. The van der Waals surface area contributed by atoms with Gasteiger partial charge in [0.25, 0.3) is 16.8 Å². The summed E-state index contributed by atoms with van der Waals surface area (Å²) in [5.74, 6) is -0.449. The Hall–Kier alpha value is -3.60. The molecular formula is C18H14N2O8S. The molecule has 0 N–H and O–H groups in total. The van der Waals surface area contributed by atoms with Crippen LogP contribution in [0.2, 0.25) is 0 Å². The highest BCUT2D eigenvalue weighted by Crippen LogP contribution is 2.36. The highest BCUT2D eigenvalue weighted by atomic mass is 32.2. The number of non-ortho nitro benzene ring substituents is 1. The highest BCUT2D eigenvalue weighted by molar-refractivity contribution is 8.18. The van der Waals surface area contributed by atoms with Crippen molar-refractivity contribution in [2.24, 2.45) is 0 Å². The number of nitro groups is 1. The lowest BCUT2D eigenvalue weighted by atomic mass is 10.1. The molecule has 29 heavy (non-hydrogen) atoms. The quantitative estimate of drug-likeness (QED) is 0.301. The predicted octanol–water partition coefficient (Wildman–Crippen LogP) is 3.07. The molecule has 1 saturated heterocycles. The molecule has 1 aliphatic rings. The molecule has 0 unspecified atom stereocenters. The monoisotopic (exact) mass is 418 g/mol. The summed E-state index contributed by atoms with van der Waals surface area (Å²) in [5.41, 5.74) is 0.355. The lowest BCUT2D eigenvalue weighted by Gasteiger charge is -2.09. The van der Waals surface area contributed by atoms with Gasteiger partial charge in [-0.3, -0.25) is 29.4 Å². The van der Waals surface area contributed by atoms with Gasteiger partial charge < -0.3 is 13.9 Å². The van der Waals surface area contributed by atoms with Crippen LogP contribution >= 0.6 is 11.8 Å². The number of nitrogens with zero attached hydrogens (tertiary/aromatic N) is 2. The number of hydrogen-bond donors (Lipinski definition) is 0. The zero-order valence-corrected chi connectivity index (χ0v) is 16.1. The smallest absolute Gasteiger partial charge is 0.325 e. The summed E-state index contributed by atoms with van der Waals surface area (Å²) in [6, 6.07) is 7.26. The number of ether oxygens (including phenoxy) is 2. The van der Waals surface area contributed by atoms with E-state index in [9.17, 15) is 24.5 Å². The van der Waals surface area contributed by atoms with Crippen LogP contribution < -0.4 is 4.74 Å². The summed E-state index contributed by atoms with van der Waals surface area (Å²) in [6.45, 7) is -0.470. The number of nitro benzene ring substituents is 1.